The number of ether oxygens (including phenoxy) is 2. The van der Waals surface area contributed by atoms with Crippen molar-refractivity contribution in [1.82, 2.24) is 4.98 Å². The molecule has 1 heterocycles. The number of rotatable bonds is 5. The number of halogens is 1. The van der Waals surface area contributed by atoms with Crippen molar-refractivity contribution >= 4 is 15.9 Å². The van der Waals surface area contributed by atoms with E-state index in [1.807, 2.05) is 42.6 Å². The molecular weight excluding hydrogens is 318 g/mol. The van der Waals surface area contributed by atoms with Gasteiger partial charge in [0.05, 0.1) is 24.6 Å². The third-order valence-electron chi connectivity index (χ3n) is 3.33. The first-order valence-electron chi connectivity index (χ1n) is 6.45. The zero-order valence-corrected chi connectivity index (χ0v) is 13.4. The number of pyridine rings is 1. The fourth-order valence-corrected chi connectivity index (χ4v) is 2.92. The number of benzene rings is 1. The van der Waals surface area contributed by atoms with Crippen molar-refractivity contribution < 1.29 is 9.47 Å². The van der Waals surface area contributed by atoms with Gasteiger partial charge in [-0.25, -0.2) is 0 Å². The van der Waals surface area contributed by atoms with E-state index >= 15 is 0 Å². The van der Waals surface area contributed by atoms with Gasteiger partial charge in [-0.05, 0) is 24.3 Å². The van der Waals surface area contributed by atoms with Crippen LogP contribution in [-0.2, 0) is 0 Å². The van der Waals surface area contributed by atoms with E-state index in [1.165, 1.54) is 0 Å². The second-order valence-corrected chi connectivity index (χ2v) is 5.51. The van der Waals surface area contributed by atoms with Gasteiger partial charge in [-0.15, -0.1) is 0 Å². The van der Waals surface area contributed by atoms with Crippen LogP contribution >= 0.6 is 15.9 Å². The normalized spacial score (nSPS) is 13.6. The summed E-state index contributed by atoms with van der Waals surface area (Å²) in [5.74, 6) is 1.82. The number of nitrogens with zero attached hydrogens (tertiary/aromatic N) is 1. The Morgan fingerprint density at radius 3 is 2.15 bits per heavy atom. The molecule has 2 atom stereocenters. The third-order valence-corrected chi connectivity index (χ3v) is 4.59. The van der Waals surface area contributed by atoms with Crippen LogP contribution in [0, 0.1) is 0 Å². The molecular formula is C16H18BrNO2. The van der Waals surface area contributed by atoms with E-state index in [1.54, 1.807) is 14.2 Å². The summed E-state index contributed by atoms with van der Waals surface area (Å²) in [6.45, 7) is 2.13. The SMILES string of the molecule is COc1cccc(OC)c1C(Br)C(C)c1ccccn1. The van der Waals surface area contributed by atoms with Crippen LogP contribution in [0.2, 0.25) is 0 Å². The molecule has 2 unspecified atom stereocenters. The number of hydrogen-bond acceptors (Lipinski definition) is 3. The molecule has 0 fully saturated rings. The van der Waals surface area contributed by atoms with Crippen LogP contribution in [-0.4, -0.2) is 19.2 Å². The summed E-state index contributed by atoms with van der Waals surface area (Å²) in [4.78, 5) is 4.48. The quantitative estimate of drug-likeness (QED) is 0.761. The van der Waals surface area contributed by atoms with Crippen LogP contribution in [0.5, 0.6) is 11.5 Å². The Balaban J connectivity index is 2.40. The predicted molar refractivity (Wildman–Crippen MR) is 83.9 cm³/mol. The second-order valence-electron chi connectivity index (χ2n) is 4.52. The van der Waals surface area contributed by atoms with Crippen molar-refractivity contribution in [2.45, 2.75) is 17.7 Å². The van der Waals surface area contributed by atoms with Crippen molar-refractivity contribution in [2.24, 2.45) is 0 Å². The standard InChI is InChI=1S/C16H18BrNO2/c1-11(12-7-4-5-10-18-12)16(17)15-13(19-2)8-6-9-14(15)20-3/h4-11,16H,1-3H3. The van der Waals surface area contributed by atoms with Gasteiger partial charge >= 0.3 is 0 Å². The summed E-state index contributed by atoms with van der Waals surface area (Å²) in [7, 11) is 3.34. The fraction of sp³-hybridized carbons (Fsp3) is 0.312. The molecule has 1 aromatic carbocycles. The Morgan fingerprint density at radius 2 is 1.65 bits per heavy atom. The largest absolute Gasteiger partial charge is 0.496 e. The lowest BCUT2D eigenvalue weighted by atomic mass is 9.96. The molecule has 106 valence electrons. The molecule has 3 nitrogen and oxygen atoms in total. The Bertz CT molecular complexity index is 537. The van der Waals surface area contributed by atoms with Gasteiger partial charge in [0.1, 0.15) is 11.5 Å². The number of methoxy groups -OCH3 is 2. The molecule has 0 amide bonds. The maximum atomic E-state index is 5.46. The number of aromatic nitrogens is 1. The van der Waals surface area contributed by atoms with Gasteiger partial charge < -0.3 is 9.47 Å². The van der Waals surface area contributed by atoms with Crippen molar-refractivity contribution in [3.63, 3.8) is 0 Å². The van der Waals surface area contributed by atoms with Crippen molar-refractivity contribution in [3.05, 3.63) is 53.9 Å². The first-order chi connectivity index (χ1) is 9.69. The van der Waals surface area contributed by atoms with Crippen molar-refractivity contribution in [3.8, 4) is 11.5 Å². The first kappa shape index (κ1) is 14.9. The maximum Gasteiger partial charge on any atom is 0.126 e. The lowest BCUT2D eigenvalue weighted by Gasteiger charge is -2.22. The molecule has 0 bridgehead atoms. The predicted octanol–water partition coefficient (Wildman–Crippen LogP) is 4.34. The molecule has 0 radical (unpaired) electrons. The highest BCUT2D eigenvalue weighted by atomic mass is 79.9. The van der Waals surface area contributed by atoms with Gasteiger partial charge in [0.15, 0.2) is 0 Å². The van der Waals surface area contributed by atoms with Gasteiger partial charge in [0, 0.05) is 17.8 Å². The molecule has 0 spiro atoms. The Kier molecular flexibility index (Phi) is 5.01. The molecule has 20 heavy (non-hydrogen) atoms. The molecule has 0 aliphatic carbocycles. The smallest absolute Gasteiger partial charge is 0.126 e. The van der Waals surface area contributed by atoms with Gasteiger partial charge in [-0.1, -0.05) is 35.0 Å². The van der Waals surface area contributed by atoms with Crippen LogP contribution in [0.3, 0.4) is 0 Å². The zero-order valence-electron chi connectivity index (χ0n) is 11.8. The average molecular weight is 336 g/mol. The molecule has 2 aromatic rings. The second kappa shape index (κ2) is 6.75. The molecule has 0 saturated heterocycles. The van der Waals surface area contributed by atoms with E-state index in [9.17, 15) is 0 Å². The van der Waals surface area contributed by atoms with Crippen LogP contribution < -0.4 is 9.47 Å². The topological polar surface area (TPSA) is 31.4 Å². The summed E-state index contributed by atoms with van der Waals surface area (Å²) in [5, 5.41) is 0. The van der Waals surface area contributed by atoms with Gasteiger partial charge in [0.2, 0.25) is 0 Å². The summed E-state index contributed by atoms with van der Waals surface area (Å²) in [6, 6.07) is 11.8. The molecule has 0 aliphatic rings. The molecule has 1 aromatic heterocycles. The summed E-state index contributed by atoms with van der Waals surface area (Å²) in [5.41, 5.74) is 2.04. The minimum atomic E-state index is 0.0588. The summed E-state index contributed by atoms with van der Waals surface area (Å²) in [6.07, 6.45) is 1.81. The average Bonchev–Trinajstić information content (AvgIpc) is 2.53. The van der Waals surface area contributed by atoms with Crippen LogP contribution in [0.1, 0.15) is 28.9 Å². The summed E-state index contributed by atoms with van der Waals surface area (Å²) >= 11 is 3.77. The monoisotopic (exact) mass is 335 g/mol. The van der Waals surface area contributed by atoms with Crippen LogP contribution in [0.25, 0.3) is 0 Å². The van der Waals surface area contributed by atoms with E-state index in [-0.39, 0.29) is 10.7 Å². The van der Waals surface area contributed by atoms with Crippen molar-refractivity contribution in [1.29, 1.82) is 0 Å². The lowest BCUT2D eigenvalue weighted by molar-refractivity contribution is 0.383. The summed E-state index contributed by atoms with van der Waals surface area (Å²) < 4.78 is 10.9. The first-order valence-corrected chi connectivity index (χ1v) is 7.36. The molecule has 0 aliphatic heterocycles. The van der Waals surface area contributed by atoms with E-state index in [0.29, 0.717) is 0 Å². The van der Waals surface area contributed by atoms with E-state index in [0.717, 1.165) is 22.8 Å². The maximum absolute atomic E-state index is 5.46. The minimum absolute atomic E-state index is 0.0588. The molecule has 4 heteroatoms. The third kappa shape index (κ3) is 2.96. The molecule has 0 saturated carbocycles. The number of hydrogen-bond donors (Lipinski definition) is 0. The highest BCUT2D eigenvalue weighted by Gasteiger charge is 2.25. The van der Waals surface area contributed by atoms with Crippen LogP contribution in [0.4, 0.5) is 0 Å². The van der Waals surface area contributed by atoms with Crippen molar-refractivity contribution in [2.75, 3.05) is 14.2 Å². The van der Waals surface area contributed by atoms with Crippen LogP contribution in [0.15, 0.2) is 42.6 Å². The molecule has 0 N–H and O–H groups in total. The van der Waals surface area contributed by atoms with Gasteiger partial charge in [-0.3, -0.25) is 4.98 Å². The Hall–Kier alpha value is -1.55. The van der Waals surface area contributed by atoms with Gasteiger partial charge in [-0.2, -0.15) is 0 Å². The van der Waals surface area contributed by atoms with E-state index < -0.39 is 0 Å². The van der Waals surface area contributed by atoms with Gasteiger partial charge in [0.25, 0.3) is 0 Å². The Morgan fingerprint density at radius 1 is 1.00 bits per heavy atom. The Labute approximate surface area is 128 Å². The van der Waals surface area contributed by atoms with E-state index in [4.69, 9.17) is 9.47 Å². The lowest BCUT2D eigenvalue weighted by Crippen LogP contribution is -2.07. The minimum Gasteiger partial charge on any atom is -0.496 e. The number of alkyl halides is 1. The van der Waals surface area contributed by atoms with E-state index in [2.05, 4.69) is 27.8 Å². The zero-order chi connectivity index (χ0) is 14.5. The fourth-order valence-electron chi connectivity index (χ4n) is 2.20. The highest BCUT2D eigenvalue weighted by Crippen LogP contribution is 2.45. The molecule has 2 rings (SSSR count). The highest BCUT2D eigenvalue weighted by molar-refractivity contribution is 9.09.